The van der Waals surface area contributed by atoms with E-state index in [1.165, 1.54) is 6.92 Å². The van der Waals surface area contributed by atoms with Crippen molar-refractivity contribution in [3.8, 4) is 0 Å². The van der Waals surface area contributed by atoms with E-state index in [1.54, 1.807) is 0 Å². The van der Waals surface area contributed by atoms with Crippen LogP contribution in [0.4, 0.5) is 8.78 Å². The molecule has 6 nitrogen and oxygen atoms in total. The van der Waals surface area contributed by atoms with E-state index < -0.39 is 44.2 Å². The Morgan fingerprint density at radius 1 is 1.40 bits per heavy atom. The van der Waals surface area contributed by atoms with Crippen molar-refractivity contribution >= 4 is 16.0 Å². The fourth-order valence-corrected chi connectivity index (χ4v) is 2.52. The molecule has 0 saturated carbocycles. The molecule has 20 heavy (non-hydrogen) atoms. The monoisotopic (exact) mass is 309 g/mol. The molecular weight excluding hydrogens is 296 g/mol. The Morgan fingerprint density at radius 2 is 2.00 bits per heavy atom. The van der Waals surface area contributed by atoms with Gasteiger partial charge in [0.2, 0.25) is 10.0 Å². The number of rotatable bonds is 6. The predicted octanol–water partition coefficient (Wildman–Crippen LogP) is 0.712. The topological polar surface area (TPSA) is 104 Å². The first-order chi connectivity index (χ1) is 9.15. The van der Waals surface area contributed by atoms with E-state index in [4.69, 9.17) is 10.2 Å². The zero-order valence-electron chi connectivity index (χ0n) is 10.4. The van der Waals surface area contributed by atoms with Crippen LogP contribution in [-0.4, -0.2) is 37.2 Å². The zero-order valence-corrected chi connectivity index (χ0v) is 11.2. The average Bonchev–Trinajstić information content (AvgIpc) is 2.31. The molecule has 3 N–H and O–H groups in total. The molecule has 0 fully saturated rings. The summed E-state index contributed by atoms with van der Waals surface area (Å²) >= 11 is 0. The van der Waals surface area contributed by atoms with E-state index >= 15 is 0 Å². The number of carboxylic acid groups (broad SMARTS) is 1. The van der Waals surface area contributed by atoms with Crippen LogP contribution < -0.4 is 4.72 Å². The van der Waals surface area contributed by atoms with E-state index in [9.17, 15) is 22.0 Å². The Morgan fingerprint density at radius 3 is 2.50 bits per heavy atom. The van der Waals surface area contributed by atoms with Gasteiger partial charge >= 0.3 is 5.97 Å². The van der Waals surface area contributed by atoms with Crippen molar-refractivity contribution in [1.29, 1.82) is 0 Å². The van der Waals surface area contributed by atoms with Gasteiger partial charge in [-0.2, -0.15) is 0 Å². The molecule has 9 heteroatoms. The summed E-state index contributed by atoms with van der Waals surface area (Å²) in [5, 5.41) is 17.7. The summed E-state index contributed by atoms with van der Waals surface area (Å²) in [5.74, 6) is -4.80. The van der Waals surface area contributed by atoms with Crippen molar-refractivity contribution in [2.75, 3.05) is 6.54 Å². The third-order valence-electron chi connectivity index (χ3n) is 2.39. The van der Waals surface area contributed by atoms with E-state index in [0.29, 0.717) is 12.1 Å². The summed E-state index contributed by atoms with van der Waals surface area (Å²) in [5.41, 5.74) is -0.681. The lowest BCUT2D eigenvalue weighted by molar-refractivity contribution is 0.0696. The zero-order chi connectivity index (χ0) is 15.5. The standard InChI is InChI=1S/C11H13F2NO5S/c1-6(15)2-3-14-20(18,19)9-5-7(11(16)17)4-8(12)10(9)13/h4-6,14-15H,2-3H2,1H3,(H,16,17). The number of nitrogens with one attached hydrogen (secondary N) is 1. The molecule has 0 amide bonds. The van der Waals surface area contributed by atoms with Crippen LogP contribution in [0.2, 0.25) is 0 Å². The number of hydrogen-bond acceptors (Lipinski definition) is 4. The van der Waals surface area contributed by atoms with Crippen LogP contribution in [0.15, 0.2) is 17.0 Å². The highest BCUT2D eigenvalue weighted by Gasteiger charge is 2.24. The second kappa shape index (κ2) is 6.25. The van der Waals surface area contributed by atoms with Gasteiger partial charge in [-0.05, 0) is 25.5 Å². The van der Waals surface area contributed by atoms with Crippen molar-refractivity contribution in [3.05, 3.63) is 29.3 Å². The normalized spacial score (nSPS) is 13.2. The average molecular weight is 309 g/mol. The summed E-state index contributed by atoms with van der Waals surface area (Å²) < 4.78 is 52.2. The maximum Gasteiger partial charge on any atom is 0.335 e. The van der Waals surface area contributed by atoms with Gasteiger partial charge in [0.15, 0.2) is 11.6 Å². The van der Waals surface area contributed by atoms with Gasteiger partial charge < -0.3 is 10.2 Å². The molecule has 0 radical (unpaired) electrons. The van der Waals surface area contributed by atoms with Crippen LogP contribution >= 0.6 is 0 Å². The fourth-order valence-electron chi connectivity index (χ4n) is 1.36. The lowest BCUT2D eigenvalue weighted by Crippen LogP contribution is -2.28. The van der Waals surface area contributed by atoms with Crippen LogP contribution in [0, 0.1) is 11.6 Å². The van der Waals surface area contributed by atoms with Gasteiger partial charge in [-0.15, -0.1) is 0 Å². The molecule has 1 aromatic rings. The minimum absolute atomic E-state index is 0.0714. The molecule has 1 unspecified atom stereocenters. The van der Waals surface area contributed by atoms with E-state index in [-0.39, 0.29) is 13.0 Å². The van der Waals surface area contributed by atoms with Gasteiger partial charge in [-0.3, -0.25) is 0 Å². The van der Waals surface area contributed by atoms with Gasteiger partial charge in [0.1, 0.15) is 4.90 Å². The lowest BCUT2D eigenvalue weighted by atomic mass is 10.2. The van der Waals surface area contributed by atoms with Gasteiger partial charge in [0.25, 0.3) is 0 Å². The number of aromatic carboxylic acids is 1. The third kappa shape index (κ3) is 3.95. The summed E-state index contributed by atoms with van der Waals surface area (Å²) in [6, 6.07) is 0.929. The number of hydrogen-bond donors (Lipinski definition) is 3. The number of carboxylic acids is 1. The maximum absolute atomic E-state index is 13.5. The predicted molar refractivity (Wildman–Crippen MR) is 64.8 cm³/mol. The molecular formula is C11H13F2NO5S. The first-order valence-electron chi connectivity index (χ1n) is 5.55. The van der Waals surface area contributed by atoms with Crippen molar-refractivity contribution in [1.82, 2.24) is 4.72 Å². The summed E-state index contributed by atoms with van der Waals surface area (Å²) in [6.45, 7) is 1.23. The van der Waals surface area contributed by atoms with Crippen LogP contribution in [-0.2, 0) is 10.0 Å². The molecule has 0 aliphatic heterocycles. The quantitative estimate of drug-likeness (QED) is 0.718. The van der Waals surface area contributed by atoms with Gasteiger partial charge in [0, 0.05) is 6.54 Å². The van der Waals surface area contributed by atoms with E-state index in [0.717, 1.165) is 0 Å². The highest BCUT2D eigenvalue weighted by molar-refractivity contribution is 7.89. The first-order valence-corrected chi connectivity index (χ1v) is 7.03. The van der Waals surface area contributed by atoms with E-state index in [2.05, 4.69) is 0 Å². The number of sulfonamides is 1. The van der Waals surface area contributed by atoms with Gasteiger partial charge in [-0.1, -0.05) is 0 Å². The SMILES string of the molecule is CC(O)CCNS(=O)(=O)c1cc(C(=O)O)cc(F)c1F. The van der Waals surface area contributed by atoms with Crippen LogP contribution in [0.1, 0.15) is 23.7 Å². The number of halogens is 2. The Kier molecular flexibility index (Phi) is 5.15. The third-order valence-corrected chi connectivity index (χ3v) is 3.85. The van der Waals surface area contributed by atoms with Crippen molar-refractivity contribution in [2.24, 2.45) is 0 Å². The van der Waals surface area contributed by atoms with Crippen LogP contribution in [0.5, 0.6) is 0 Å². The second-order valence-electron chi connectivity index (χ2n) is 4.11. The largest absolute Gasteiger partial charge is 0.478 e. The molecule has 0 saturated heterocycles. The van der Waals surface area contributed by atoms with E-state index in [1.807, 2.05) is 4.72 Å². The fraction of sp³-hybridized carbons (Fsp3) is 0.364. The molecule has 0 aliphatic rings. The number of aliphatic hydroxyl groups is 1. The van der Waals surface area contributed by atoms with Gasteiger partial charge in [-0.25, -0.2) is 26.7 Å². The van der Waals surface area contributed by atoms with Crippen molar-refractivity contribution in [2.45, 2.75) is 24.3 Å². The van der Waals surface area contributed by atoms with Crippen molar-refractivity contribution in [3.63, 3.8) is 0 Å². The van der Waals surface area contributed by atoms with Gasteiger partial charge in [0.05, 0.1) is 11.7 Å². The summed E-state index contributed by atoms with van der Waals surface area (Å²) in [7, 11) is -4.40. The Bertz CT molecular complexity index is 615. The summed E-state index contributed by atoms with van der Waals surface area (Å²) in [6.07, 6.45) is -0.702. The molecule has 0 aromatic heterocycles. The molecule has 1 rings (SSSR count). The number of benzene rings is 1. The van der Waals surface area contributed by atoms with Crippen LogP contribution in [0.3, 0.4) is 0 Å². The maximum atomic E-state index is 13.5. The summed E-state index contributed by atoms with van der Waals surface area (Å²) in [4.78, 5) is 9.63. The number of carbonyl (C=O) groups is 1. The number of aliphatic hydroxyl groups excluding tert-OH is 1. The molecule has 0 heterocycles. The molecule has 1 aromatic carbocycles. The minimum Gasteiger partial charge on any atom is -0.478 e. The highest BCUT2D eigenvalue weighted by Crippen LogP contribution is 2.20. The molecule has 0 bridgehead atoms. The molecule has 112 valence electrons. The lowest BCUT2D eigenvalue weighted by Gasteiger charge is -2.10. The highest BCUT2D eigenvalue weighted by atomic mass is 32.2. The molecule has 0 spiro atoms. The second-order valence-corrected chi connectivity index (χ2v) is 5.85. The molecule has 1 atom stereocenters. The Balaban J connectivity index is 3.14. The molecule has 0 aliphatic carbocycles. The minimum atomic E-state index is -4.40. The van der Waals surface area contributed by atoms with Crippen LogP contribution in [0.25, 0.3) is 0 Å². The first kappa shape index (κ1) is 16.5. The Labute approximate surface area is 114 Å². The Hall–Kier alpha value is -1.58. The van der Waals surface area contributed by atoms with Crippen molar-refractivity contribution < 1.29 is 32.2 Å². The smallest absolute Gasteiger partial charge is 0.335 e.